The third-order valence-electron chi connectivity index (χ3n) is 8.43. The van der Waals surface area contributed by atoms with E-state index in [2.05, 4.69) is 24.5 Å². The van der Waals surface area contributed by atoms with E-state index in [1.807, 2.05) is 6.07 Å². The molecule has 1 aromatic carbocycles. The molecule has 3 aliphatic carbocycles. The number of carbonyl (C=O) groups is 3. The van der Waals surface area contributed by atoms with Gasteiger partial charge in [0, 0.05) is 17.1 Å². The van der Waals surface area contributed by atoms with Crippen LogP contribution in [0, 0.1) is 35.0 Å². The molecule has 2 N–H and O–H groups in total. The predicted octanol–water partition coefficient (Wildman–Crippen LogP) is 5.43. The molecule has 0 aromatic heterocycles. The highest BCUT2D eigenvalue weighted by Crippen LogP contribution is 2.47. The number of carbonyl (C=O) groups excluding carboxylic acids is 3. The molecule has 8 nitrogen and oxygen atoms in total. The summed E-state index contributed by atoms with van der Waals surface area (Å²) < 4.78 is 10.6. The zero-order valence-corrected chi connectivity index (χ0v) is 22.8. The van der Waals surface area contributed by atoms with E-state index in [4.69, 9.17) is 9.47 Å². The molecule has 2 bridgehead atoms. The first-order valence-corrected chi connectivity index (χ1v) is 14.2. The van der Waals surface area contributed by atoms with E-state index in [0.717, 1.165) is 32.1 Å². The summed E-state index contributed by atoms with van der Waals surface area (Å²) in [4.78, 5) is 37.9. The molecular formula is C30H41N3O5. The Hall–Kier alpha value is -3.08. The third-order valence-corrected chi connectivity index (χ3v) is 8.43. The predicted molar refractivity (Wildman–Crippen MR) is 142 cm³/mol. The van der Waals surface area contributed by atoms with Crippen molar-refractivity contribution in [2.24, 2.45) is 23.7 Å². The standard InChI is InChI=1S/C30H41N3O5/c1-4-37-27(34)23-10-8-22(9-11-23)26(18-31)38-28(35)24-6-5-7-25(14-24)32-29(36)33-30-15-19(2)12-21(17-30)13-20(3)16-30/h8-11,19-21,24-26H,4-7,12-17H2,1-3H3,(H2,32,33,36). The van der Waals surface area contributed by atoms with Crippen LogP contribution in [0.2, 0.25) is 0 Å². The number of nitriles is 1. The molecule has 0 heterocycles. The Morgan fingerprint density at radius 1 is 1.05 bits per heavy atom. The number of hydrogen-bond donors (Lipinski definition) is 2. The molecule has 0 spiro atoms. The molecular weight excluding hydrogens is 482 g/mol. The SMILES string of the molecule is CCOC(=O)c1ccc(C(C#N)OC(=O)C2CCCC(NC(=O)NC34CC(C)CC(CC(C)C3)C4)C2)cc1. The molecule has 3 fully saturated rings. The molecule has 5 unspecified atom stereocenters. The van der Waals surface area contributed by atoms with Gasteiger partial charge in [-0.25, -0.2) is 9.59 Å². The van der Waals surface area contributed by atoms with Crippen molar-refractivity contribution in [3.63, 3.8) is 0 Å². The maximum absolute atomic E-state index is 13.1. The van der Waals surface area contributed by atoms with Gasteiger partial charge in [0.05, 0.1) is 18.1 Å². The van der Waals surface area contributed by atoms with Gasteiger partial charge in [-0.1, -0.05) is 32.4 Å². The van der Waals surface area contributed by atoms with Crippen LogP contribution in [0.3, 0.4) is 0 Å². The van der Waals surface area contributed by atoms with Gasteiger partial charge in [-0.3, -0.25) is 4.79 Å². The van der Waals surface area contributed by atoms with Crippen LogP contribution >= 0.6 is 0 Å². The second-order valence-electron chi connectivity index (χ2n) is 11.9. The van der Waals surface area contributed by atoms with Crippen molar-refractivity contribution in [2.45, 2.75) is 96.2 Å². The van der Waals surface area contributed by atoms with Crippen molar-refractivity contribution in [1.82, 2.24) is 10.6 Å². The number of urea groups is 1. The van der Waals surface area contributed by atoms with Gasteiger partial charge in [-0.2, -0.15) is 5.26 Å². The Bertz CT molecular complexity index is 1030. The van der Waals surface area contributed by atoms with Crippen molar-refractivity contribution < 1.29 is 23.9 Å². The molecule has 3 saturated carbocycles. The molecule has 38 heavy (non-hydrogen) atoms. The van der Waals surface area contributed by atoms with E-state index in [9.17, 15) is 19.6 Å². The molecule has 0 radical (unpaired) electrons. The Labute approximate surface area is 225 Å². The minimum Gasteiger partial charge on any atom is -0.462 e. The fraction of sp³-hybridized carbons (Fsp3) is 0.667. The van der Waals surface area contributed by atoms with E-state index < -0.39 is 18.0 Å². The van der Waals surface area contributed by atoms with Gasteiger partial charge in [0.15, 0.2) is 0 Å². The normalized spacial score (nSPS) is 31.3. The largest absolute Gasteiger partial charge is 0.462 e. The monoisotopic (exact) mass is 523 g/mol. The third kappa shape index (κ3) is 6.86. The molecule has 3 aliphatic rings. The lowest BCUT2D eigenvalue weighted by molar-refractivity contribution is -0.153. The summed E-state index contributed by atoms with van der Waals surface area (Å²) in [7, 11) is 0. The van der Waals surface area contributed by atoms with Gasteiger partial charge >= 0.3 is 18.0 Å². The molecule has 0 aliphatic heterocycles. The molecule has 206 valence electrons. The van der Waals surface area contributed by atoms with E-state index in [1.165, 1.54) is 12.8 Å². The topological polar surface area (TPSA) is 118 Å². The van der Waals surface area contributed by atoms with Crippen LogP contribution in [0.15, 0.2) is 24.3 Å². The lowest BCUT2D eigenvalue weighted by Gasteiger charge is -2.50. The van der Waals surface area contributed by atoms with Gasteiger partial charge in [0.1, 0.15) is 6.07 Å². The van der Waals surface area contributed by atoms with Crippen LogP contribution in [0.4, 0.5) is 4.79 Å². The molecule has 5 atom stereocenters. The number of rotatable bonds is 7. The second-order valence-corrected chi connectivity index (χ2v) is 11.9. The molecule has 1 aromatic rings. The van der Waals surface area contributed by atoms with Crippen LogP contribution in [-0.4, -0.2) is 36.2 Å². The summed E-state index contributed by atoms with van der Waals surface area (Å²) in [5.41, 5.74) is 0.748. The summed E-state index contributed by atoms with van der Waals surface area (Å²) in [5.74, 6) is 0.669. The fourth-order valence-corrected chi connectivity index (χ4v) is 7.24. The Kier molecular flexibility index (Phi) is 8.96. The smallest absolute Gasteiger partial charge is 0.338 e. The maximum Gasteiger partial charge on any atom is 0.338 e. The first kappa shape index (κ1) is 27.9. The van der Waals surface area contributed by atoms with Crippen molar-refractivity contribution in [3.05, 3.63) is 35.4 Å². The van der Waals surface area contributed by atoms with E-state index in [-0.39, 0.29) is 30.1 Å². The Morgan fingerprint density at radius 3 is 2.37 bits per heavy atom. The average molecular weight is 524 g/mol. The Morgan fingerprint density at radius 2 is 1.74 bits per heavy atom. The summed E-state index contributed by atoms with van der Waals surface area (Å²) in [6.45, 7) is 6.59. The summed E-state index contributed by atoms with van der Waals surface area (Å²) in [6.07, 6.45) is 7.33. The lowest BCUT2D eigenvalue weighted by atomic mass is 9.61. The van der Waals surface area contributed by atoms with Crippen LogP contribution in [-0.2, 0) is 14.3 Å². The van der Waals surface area contributed by atoms with Gasteiger partial charge < -0.3 is 20.1 Å². The van der Waals surface area contributed by atoms with Crippen molar-refractivity contribution in [2.75, 3.05) is 6.61 Å². The van der Waals surface area contributed by atoms with Crippen LogP contribution in [0.25, 0.3) is 0 Å². The van der Waals surface area contributed by atoms with Crippen LogP contribution in [0.1, 0.15) is 101 Å². The number of hydrogen-bond acceptors (Lipinski definition) is 6. The minimum atomic E-state index is -1.07. The van der Waals surface area contributed by atoms with Crippen LogP contribution < -0.4 is 10.6 Å². The number of amides is 2. The van der Waals surface area contributed by atoms with Crippen molar-refractivity contribution in [3.8, 4) is 6.07 Å². The highest BCUT2D eigenvalue weighted by atomic mass is 16.5. The number of esters is 2. The van der Waals surface area contributed by atoms with Crippen molar-refractivity contribution in [1.29, 1.82) is 5.26 Å². The quantitative estimate of drug-likeness (QED) is 0.460. The summed E-state index contributed by atoms with van der Waals surface area (Å²) >= 11 is 0. The molecule has 0 saturated heterocycles. The lowest BCUT2D eigenvalue weighted by Crippen LogP contribution is -2.59. The maximum atomic E-state index is 13.1. The Balaban J connectivity index is 1.31. The van der Waals surface area contributed by atoms with E-state index >= 15 is 0 Å². The first-order valence-electron chi connectivity index (χ1n) is 14.2. The highest BCUT2D eigenvalue weighted by Gasteiger charge is 2.45. The number of ether oxygens (including phenoxy) is 2. The zero-order valence-electron chi connectivity index (χ0n) is 22.8. The number of nitrogens with zero attached hydrogens (tertiary/aromatic N) is 1. The van der Waals surface area contributed by atoms with Gasteiger partial charge in [0.2, 0.25) is 6.10 Å². The second kappa shape index (κ2) is 12.2. The average Bonchev–Trinajstić information content (AvgIpc) is 2.86. The van der Waals surface area contributed by atoms with Gasteiger partial charge in [0.25, 0.3) is 0 Å². The minimum absolute atomic E-state index is 0.111. The van der Waals surface area contributed by atoms with E-state index in [0.29, 0.717) is 41.7 Å². The fourth-order valence-electron chi connectivity index (χ4n) is 7.24. The first-order chi connectivity index (χ1) is 18.2. The molecule has 2 amide bonds. The molecule has 4 rings (SSSR count). The highest BCUT2D eigenvalue weighted by molar-refractivity contribution is 5.89. The number of fused-ring (bicyclic) bond motifs is 2. The van der Waals surface area contributed by atoms with Crippen molar-refractivity contribution >= 4 is 18.0 Å². The summed E-state index contributed by atoms with van der Waals surface area (Å²) in [6, 6.07) is 8.12. The van der Waals surface area contributed by atoms with Crippen LogP contribution in [0.5, 0.6) is 0 Å². The number of nitrogens with one attached hydrogen (secondary N) is 2. The molecule has 8 heteroatoms. The number of benzene rings is 1. The van der Waals surface area contributed by atoms with E-state index in [1.54, 1.807) is 31.2 Å². The van der Waals surface area contributed by atoms with Gasteiger partial charge in [-0.15, -0.1) is 0 Å². The summed E-state index contributed by atoms with van der Waals surface area (Å²) in [5, 5.41) is 16.1. The zero-order chi connectivity index (χ0) is 27.3. The van der Waals surface area contributed by atoms with Gasteiger partial charge in [-0.05, 0) is 88.2 Å².